The molecule has 1 aromatic heterocycles. The van der Waals surface area contributed by atoms with Crippen LogP contribution in [0.3, 0.4) is 0 Å². The topological polar surface area (TPSA) is 101 Å². The first-order chi connectivity index (χ1) is 12.5. The molecule has 26 heavy (non-hydrogen) atoms. The molecule has 1 heterocycles. The first-order valence-corrected chi connectivity index (χ1v) is 8.90. The smallest absolute Gasteiger partial charge is 0.318 e. The summed E-state index contributed by atoms with van der Waals surface area (Å²) in [5.74, 6) is -0.457. The van der Waals surface area contributed by atoms with Crippen molar-refractivity contribution in [3.8, 4) is 22.5 Å². The van der Waals surface area contributed by atoms with Crippen molar-refractivity contribution in [3.63, 3.8) is 0 Å². The number of urea groups is 1. The van der Waals surface area contributed by atoms with Crippen molar-refractivity contribution in [1.82, 2.24) is 15.3 Å². The van der Waals surface area contributed by atoms with Gasteiger partial charge in [-0.2, -0.15) is 0 Å². The predicted molar refractivity (Wildman–Crippen MR) is 103 cm³/mol. The average molecular weight is 366 g/mol. The summed E-state index contributed by atoms with van der Waals surface area (Å²) in [6.45, 7) is 1.69. The number of rotatable bonds is 5. The molecule has 1 atom stereocenters. The Morgan fingerprint density at radius 3 is 2.19 bits per heavy atom. The third-order valence-electron chi connectivity index (χ3n) is 3.70. The minimum Gasteiger partial charge on any atom is -0.351 e. The fourth-order valence-electron chi connectivity index (χ4n) is 2.47. The minimum absolute atomic E-state index is 0.457. The van der Waals surface area contributed by atoms with Crippen LogP contribution in [0.5, 0.6) is 0 Å². The van der Waals surface area contributed by atoms with E-state index in [2.05, 4.69) is 15.3 Å². The lowest BCUT2D eigenvalue weighted by atomic mass is 10.1. The van der Waals surface area contributed by atoms with Crippen LogP contribution in [-0.4, -0.2) is 27.2 Å². The largest absolute Gasteiger partial charge is 0.351 e. The zero-order valence-corrected chi connectivity index (χ0v) is 14.9. The van der Waals surface area contributed by atoms with E-state index < -0.39 is 17.2 Å². The number of nitrogens with zero attached hydrogens (tertiary/aromatic N) is 1. The normalized spacial score (nSPS) is 11.7. The molecule has 4 N–H and O–H groups in total. The zero-order chi connectivity index (χ0) is 18.5. The third kappa shape index (κ3) is 4.12. The number of hydrogen-bond acceptors (Lipinski definition) is 4. The van der Waals surface area contributed by atoms with E-state index in [0.717, 1.165) is 22.5 Å². The molecule has 0 saturated heterocycles. The van der Waals surface area contributed by atoms with Gasteiger partial charge < -0.3 is 10.7 Å². The lowest BCUT2D eigenvalue weighted by Gasteiger charge is -2.07. The zero-order valence-electron chi connectivity index (χ0n) is 14.1. The van der Waals surface area contributed by atoms with Gasteiger partial charge in [0.15, 0.2) is 5.16 Å². The summed E-state index contributed by atoms with van der Waals surface area (Å²) in [6, 6.07) is 18.8. The van der Waals surface area contributed by atoms with Crippen molar-refractivity contribution in [3.05, 3.63) is 60.7 Å². The molecule has 3 rings (SSSR count). The molecule has 0 radical (unpaired) electrons. The van der Waals surface area contributed by atoms with Crippen LogP contribution < -0.4 is 11.1 Å². The van der Waals surface area contributed by atoms with E-state index in [-0.39, 0.29) is 0 Å². The number of aromatic amines is 1. The van der Waals surface area contributed by atoms with Gasteiger partial charge in [0.05, 0.1) is 16.6 Å². The van der Waals surface area contributed by atoms with Crippen molar-refractivity contribution >= 4 is 23.7 Å². The number of hydrogen-bond donors (Lipinski definition) is 3. The van der Waals surface area contributed by atoms with Gasteiger partial charge in [-0.25, -0.2) is 9.78 Å². The van der Waals surface area contributed by atoms with Crippen LogP contribution in [0.1, 0.15) is 6.92 Å². The van der Waals surface area contributed by atoms with Gasteiger partial charge in [-0.1, -0.05) is 72.4 Å². The van der Waals surface area contributed by atoms with Gasteiger partial charge in [-0.15, -0.1) is 0 Å². The summed E-state index contributed by atoms with van der Waals surface area (Å²) >= 11 is 1.23. The summed E-state index contributed by atoms with van der Waals surface area (Å²) in [4.78, 5) is 30.7. The molecule has 0 aliphatic heterocycles. The number of H-pyrrole nitrogens is 1. The van der Waals surface area contributed by atoms with Crippen LogP contribution in [0, 0.1) is 0 Å². The van der Waals surface area contributed by atoms with E-state index in [1.54, 1.807) is 6.92 Å². The Kier molecular flexibility index (Phi) is 5.38. The summed E-state index contributed by atoms with van der Waals surface area (Å²) in [7, 11) is 0. The highest BCUT2D eigenvalue weighted by Crippen LogP contribution is 2.33. The summed E-state index contributed by atoms with van der Waals surface area (Å²) in [6.07, 6.45) is 0. The Bertz CT molecular complexity index is 853. The molecule has 0 fully saturated rings. The molecule has 0 spiro atoms. The van der Waals surface area contributed by atoms with E-state index in [4.69, 9.17) is 5.73 Å². The molecular weight excluding hydrogens is 348 g/mol. The number of carbonyl (C=O) groups is 2. The number of aromatic nitrogens is 2. The highest BCUT2D eigenvalue weighted by Gasteiger charge is 2.20. The number of primary amides is 1. The lowest BCUT2D eigenvalue weighted by Crippen LogP contribution is -2.39. The Morgan fingerprint density at radius 1 is 1.04 bits per heavy atom. The summed E-state index contributed by atoms with van der Waals surface area (Å²) in [5, 5.41) is 2.15. The minimum atomic E-state index is -0.864. The number of amides is 3. The van der Waals surface area contributed by atoms with Gasteiger partial charge in [-0.05, 0) is 6.92 Å². The molecule has 3 amide bonds. The molecule has 0 unspecified atom stereocenters. The van der Waals surface area contributed by atoms with Crippen molar-refractivity contribution in [1.29, 1.82) is 0 Å². The summed E-state index contributed by atoms with van der Waals surface area (Å²) in [5.41, 5.74) is 8.66. The van der Waals surface area contributed by atoms with E-state index in [1.807, 2.05) is 60.7 Å². The molecule has 7 heteroatoms. The maximum Gasteiger partial charge on any atom is 0.318 e. The second kappa shape index (κ2) is 7.88. The fourth-order valence-corrected chi connectivity index (χ4v) is 3.28. The molecule has 0 saturated carbocycles. The number of benzene rings is 2. The molecule has 0 aliphatic carbocycles. The van der Waals surface area contributed by atoms with Crippen molar-refractivity contribution in [2.75, 3.05) is 0 Å². The van der Waals surface area contributed by atoms with Gasteiger partial charge in [0.1, 0.15) is 0 Å². The molecule has 132 valence electrons. The Morgan fingerprint density at radius 2 is 1.62 bits per heavy atom. The fraction of sp³-hybridized carbons (Fsp3) is 0.105. The first-order valence-electron chi connectivity index (χ1n) is 8.02. The van der Waals surface area contributed by atoms with E-state index in [0.29, 0.717) is 5.16 Å². The van der Waals surface area contributed by atoms with Gasteiger partial charge >= 0.3 is 6.03 Å². The SMILES string of the molecule is C[C@H](Sc1nc(-c2ccccc2)c(-c2ccccc2)[nH]1)C(=O)NC(N)=O. The van der Waals surface area contributed by atoms with Crippen LogP contribution in [0.4, 0.5) is 4.79 Å². The average Bonchev–Trinajstić information content (AvgIpc) is 3.06. The number of nitrogens with one attached hydrogen (secondary N) is 2. The van der Waals surface area contributed by atoms with Gasteiger partial charge in [0.2, 0.25) is 5.91 Å². The highest BCUT2D eigenvalue weighted by atomic mass is 32.2. The van der Waals surface area contributed by atoms with Gasteiger partial charge in [0, 0.05) is 11.1 Å². The Hall–Kier alpha value is -3.06. The van der Waals surface area contributed by atoms with Gasteiger partial charge in [0.25, 0.3) is 0 Å². The quantitative estimate of drug-likeness (QED) is 0.602. The number of carbonyl (C=O) groups excluding carboxylic acids is 2. The number of thioether (sulfide) groups is 1. The molecule has 3 aromatic rings. The third-order valence-corrected chi connectivity index (χ3v) is 4.68. The maximum atomic E-state index is 11.9. The van der Waals surface area contributed by atoms with Crippen LogP contribution in [-0.2, 0) is 4.79 Å². The predicted octanol–water partition coefficient (Wildman–Crippen LogP) is 3.42. The van der Waals surface area contributed by atoms with Crippen LogP contribution in [0.25, 0.3) is 22.5 Å². The molecule has 0 aliphatic rings. The van der Waals surface area contributed by atoms with Crippen LogP contribution >= 0.6 is 11.8 Å². The van der Waals surface area contributed by atoms with E-state index >= 15 is 0 Å². The van der Waals surface area contributed by atoms with Crippen molar-refractivity contribution in [2.24, 2.45) is 5.73 Å². The molecule has 2 aromatic carbocycles. The lowest BCUT2D eigenvalue weighted by molar-refractivity contribution is -0.119. The Balaban J connectivity index is 1.94. The van der Waals surface area contributed by atoms with Crippen molar-refractivity contribution in [2.45, 2.75) is 17.3 Å². The summed E-state index contributed by atoms with van der Waals surface area (Å²) < 4.78 is 0. The van der Waals surface area contributed by atoms with Crippen molar-refractivity contribution < 1.29 is 9.59 Å². The van der Waals surface area contributed by atoms with Gasteiger partial charge in [-0.3, -0.25) is 10.1 Å². The number of imidazole rings is 1. The first kappa shape index (κ1) is 17.8. The second-order valence-corrected chi connectivity index (χ2v) is 6.94. The second-order valence-electron chi connectivity index (χ2n) is 5.61. The monoisotopic (exact) mass is 366 g/mol. The molecule has 0 bridgehead atoms. The van der Waals surface area contributed by atoms with Crippen LogP contribution in [0.2, 0.25) is 0 Å². The molecular formula is C19H18N4O2S. The number of imide groups is 1. The van der Waals surface area contributed by atoms with E-state index in [1.165, 1.54) is 11.8 Å². The maximum absolute atomic E-state index is 11.9. The standard InChI is InChI=1S/C19H18N4O2S/c1-12(17(24)23-18(20)25)26-19-21-15(13-8-4-2-5-9-13)16(22-19)14-10-6-3-7-11-14/h2-12H,1H3,(H,21,22)(H3,20,23,24,25)/t12-/m0/s1. The Labute approximate surface area is 155 Å². The number of nitrogens with two attached hydrogens (primary N) is 1. The van der Waals surface area contributed by atoms with E-state index in [9.17, 15) is 9.59 Å². The highest BCUT2D eigenvalue weighted by molar-refractivity contribution is 8.00. The molecule has 6 nitrogen and oxygen atoms in total. The van der Waals surface area contributed by atoms with Crippen LogP contribution in [0.15, 0.2) is 65.8 Å².